The highest BCUT2D eigenvalue weighted by Gasteiger charge is 2.21. The van der Waals surface area contributed by atoms with Crippen LogP contribution in [-0.4, -0.2) is 23.5 Å². The number of aryl methyl sites for hydroxylation is 1. The fourth-order valence-electron chi connectivity index (χ4n) is 1.59. The summed E-state index contributed by atoms with van der Waals surface area (Å²) < 4.78 is 5.49. The number of nitrogens with zero attached hydrogens (tertiary/aromatic N) is 1. The number of rotatable bonds is 3. The van der Waals surface area contributed by atoms with Gasteiger partial charge in [-0.15, -0.1) is 0 Å². The van der Waals surface area contributed by atoms with E-state index < -0.39 is 0 Å². The third kappa shape index (κ3) is 2.68. The number of aromatic nitrogens is 1. The molecule has 1 atom stereocenters. The number of nitrogens with one attached hydrogen (secondary N) is 1. The lowest BCUT2D eigenvalue weighted by Gasteiger charge is -2.11. The minimum absolute atomic E-state index is 0.112. The first-order valence-corrected chi connectivity index (χ1v) is 5.10. The summed E-state index contributed by atoms with van der Waals surface area (Å²) >= 11 is 0. The Kier molecular flexibility index (Phi) is 2.85. The van der Waals surface area contributed by atoms with Gasteiger partial charge in [-0.05, 0) is 19.4 Å². The van der Waals surface area contributed by atoms with Crippen LogP contribution >= 0.6 is 0 Å². The van der Waals surface area contributed by atoms with Crippen molar-refractivity contribution in [1.82, 2.24) is 10.3 Å². The molecule has 1 fully saturated rings. The Bertz CT molecular complexity index is 365. The molecule has 1 N–H and O–H groups in total. The highest BCUT2D eigenvalue weighted by atomic mass is 16.5. The van der Waals surface area contributed by atoms with E-state index in [4.69, 9.17) is 4.74 Å². The van der Waals surface area contributed by atoms with Crippen molar-refractivity contribution in [2.75, 3.05) is 6.61 Å². The molecule has 0 aliphatic carbocycles. The van der Waals surface area contributed by atoms with Crippen LogP contribution in [0, 0.1) is 6.92 Å². The highest BCUT2D eigenvalue weighted by molar-refractivity contribution is 5.78. The molecule has 1 saturated heterocycles. The molecular formula is C11H14N2O2. The van der Waals surface area contributed by atoms with Gasteiger partial charge in [0.1, 0.15) is 6.61 Å². The van der Waals surface area contributed by atoms with Crippen LogP contribution in [0.5, 0.6) is 5.88 Å². The highest BCUT2D eigenvalue weighted by Crippen LogP contribution is 2.10. The molecule has 0 radical (unpaired) electrons. The summed E-state index contributed by atoms with van der Waals surface area (Å²) in [7, 11) is 0. The van der Waals surface area contributed by atoms with Crippen molar-refractivity contribution in [1.29, 1.82) is 0 Å². The predicted octanol–water partition coefficient (Wildman–Crippen LogP) is 1.05. The molecule has 4 nitrogen and oxygen atoms in total. The first kappa shape index (κ1) is 9.96. The van der Waals surface area contributed by atoms with Gasteiger partial charge in [-0.3, -0.25) is 4.79 Å². The zero-order valence-corrected chi connectivity index (χ0v) is 8.69. The lowest BCUT2D eigenvalue weighted by atomic mass is 10.2. The largest absolute Gasteiger partial charge is 0.475 e. The lowest BCUT2D eigenvalue weighted by Crippen LogP contribution is -2.31. The number of amides is 1. The number of carbonyl (C=O) groups excluding carboxylic acids is 1. The fourth-order valence-corrected chi connectivity index (χ4v) is 1.59. The second-order valence-electron chi connectivity index (χ2n) is 3.73. The van der Waals surface area contributed by atoms with Crippen molar-refractivity contribution in [3.8, 4) is 5.88 Å². The van der Waals surface area contributed by atoms with Gasteiger partial charge in [-0.2, -0.15) is 0 Å². The number of pyridine rings is 1. The first-order chi connectivity index (χ1) is 7.24. The molecule has 80 valence electrons. The number of hydrogen-bond acceptors (Lipinski definition) is 3. The van der Waals surface area contributed by atoms with Crippen LogP contribution < -0.4 is 10.1 Å². The summed E-state index contributed by atoms with van der Waals surface area (Å²) in [6.45, 7) is 2.42. The molecule has 1 aromatic rings. The second-order valence-corrected chi connectivity index (χ2v) is 3.73. The van der Waals surface area contributed by atoms with Gasteiger partial charge in [0.25, 0.3) is 0 Å². The summed E-state index contributed by atoms with van der Waals surface area (Å²) in [6.07, 6.45) is 1.46. The van der Waals surface area contributed by atoms with Crippen molar-refractivity contribution in [3.05, 3.63) is 23.9 Å². The third-order valence-electron chi connectivity index (χ3n) is 2.38. The Morgan fingerprint density at radius 1 is 1.60 bits per heavy atom. The maximum atomic E-state index is 10.9. The van der Waals surface area contributed by atoms with E-state index in [0.29, 0.717) is 18.9 Å². The van der Waals surface area contributed by atoms with Gasteiger partial charge < -0.3 is 10.1 Å². The molecule has 0 spiro atoms. The summed E-state index contributed by atoms with van der Waals surface area (Å²) in [6, 6.07) is 5.79. The molecule has 2 rings (SSSR count). The molecule has 1 amide bonds. The average Bonchev–Trinajstić information content (AvgIpc) is 2.62. The summed E-state index contributed by atoms with van der Waals surface area (Å²) in [5.41, 5.74) is 0.933. The van der Waals surface area contributed by atoms with E-state index in [0.717, 1.165) is 12.1 Å². The zero-order chi connectivity index (χ0) is 10.7. The number of carbonyl (C=O) groups is 1. The molecule has 0 bridgehead atoms. The molecule has 0 saturated carbocycles. The van der Waals surface area contributed by atoms with Crippen molar-refractivity contribution in [2.45, 2.75) is 25.8 Å². The van der Waals surface area contributed by atoms with Gasteiger partial charge in [0.05, 0.1) is 6.04 Å². The Balaban J connectivity index is 1.85. The van der Waals surface area contributed by atoms with Crippen molar-refractivity contribution in [2.24, 2.45) is 0 Å². The van der Waals surface area contributed by atoms with Crippen LogP contribution in [0.1, 0.15) is 18.5 Å². The maximum Gasteiger partial charge on any atom is 0.220 e. The molecule has 1 aromatic heterocycles. The average molecular weight is 206 g/mol. The van der Waals surface area contributed by atoms with E-state index in [-0.39, 0.29) is 11.9 Å². The van der Waals surface area contributed by atoms with Crippen molar-refractivity contribution < 1.29 is 9.53 Å². The van der Waals surface area contributed by atoms with Crippen LogP contribution in [-0.2, 0) is 4.79 Å². The fraction of sp³-hybridized carbons (Fsp3) is 0.455. The molecule has 4 heteroatoms. The van der Waals surface area contributed by atoms with Crippen LogP contribution in [0.3, 0.4) is 0 Å². The van der Waals surface area contributed by atoms with Crippen LogP contribution in [0.15, 0.2) is 18.2 Å². The minimum atomic E-state index is 0.112. The molecule has 0 aromatic carbocycles. The Hall–Kier alpha value is -1.58. The van der Waals surface area contributed by atoms with Gasteiger partial charge in [0, 0.05) is 18.2 Å². The van der Waals surface area contributed by atoms with E-state index in [1.165, 1.54) is 0 Å². The van der Waals surface area contributed by atoms with Gasteiger partial charge in [-0.1, -0.05) is 6.07 Å². The van der Waals surface area contributed by atoms with Gasteiger partial charge in [-0.25, -0.2) is 4.98 Å². The molecule has 15 heavy (non-hydrogen) atoms. The van der Waals surface area contributed by atoms with E-state index >= 15 is 0 Å². The minimum Gasteiger partial charge on any atom is -0.475 e. The summed E-state index contributed by atoms with van der Waals surface area (Å²) in [5.74, 6) is 0.733. The molecular weight excluding hydrogens is 192 g/mol. The molecule has 1 aliphatic heterocycles. The van der Waals surface area contributed by atoms with E-state index in [1.807, 2.05) is 25.1 Å². The molecule has 1 aliphatic rings. The molecule has 2 heterocycles. The number of hydrogen-bond donors (Lipinski definition) is 1. The normalized spacial score (nSPS) is 20.1. The van der Waals surface area contributed by atoms with Gasteiger partial charge in [0.15, 0.2) is 0 Å². The monoisotopic (exact) mass is 206 g/mol. The first-order valence-electron chi connectivity index (χ1n) is 5.10. The maximum absolute atomic E-state index is 10.9. The summed E-state index contributed by atoms with van der Waals surface area (Å²) in [5, 5.41) is 2.85. The summed E-state index contributed by atoms with van der Waals surface area (Å²) in [4.78, 5) is 15.2. The quantitative estimate of drug-likeness (QED) is 0.804. The van der Waals surface area contributed by atoms with Crippen LogP contribution in [0.25, 0.3) is 0 Å². The Labute approximate surface area is 88.7 Å². The smallest absolute Gasteiger partial charge is 0.220 e. The van der Waals surface area contributed by atoms with E-state index in [2.05, 4.69) is 10.3 Å². The van der Waals surface area contributed by atoms with Crippen molar-refractivity contribution >= 4 is 5.91 Å². The van der Waals surface area contributed by atoms with Crippen LogP contribution in [0.2, 0.25) is 0 Å². The van der Waals surface area contributed by atoms with Gasteiger partial charge >= 0.3 is 0 Å². The Morgan fingerprint density at radius 2 is 2.47 bits per heavy atom. The van der Waals surface area contributed by atoms with Crippen LogP contribution in [0.4, 0.5) is 0 Å². The predicted molar refractivity (Wildman–Crippen MR) is 55.6 cm³/mol. The van der Waals surface area contributed by atoms with E-state index in [1.54, 1.807) is 0 Å². The second kappa shape index (κ2) is 4.29. The topological polar surface area (TPSA) is 51.2 Å². The van der Waals surface area contributed by atoms with Crippen molar-refractivity contribution in [3.63, 3.8) is 0 Å². The van der Waals surface area contributed by atoms with Gasteiger partial charge in [0.2, 0.25) is 11.8 Å². The standard InChI is InChI=1S/C11H14N2O2/c1-8-3-2-4-11(12-8)15-7-9-5-6-10(14)13-9/h2-4,9H,5-7H2,1H3,(H,13,14). The third-order valence-corrected chi connectivity index (χ3v) is 2.38. The Morgan fingerprint density at radius 3 is 3.13 bits per heavy atom. The SMILES string of the molecule is Cc1cccc(OCC2CCC(=O)N2)n1. The number of ether oxygens (including phenoxy) is 1. The molecule has 1 unspecified atom stereocenters. The lowest BCUT2D eigenvalue weighted by molar-refractivity contribution is -0.119. The zero-order valence-electron chi connectivity index (χ0n) is 8.69. The van der Waals surface area contributed by atoms with E-state index in [9.17, 15) is 4.79 Å².